The second-order valence-electron chi connectivity index (χ2n) is 8.83. The second-order valence-corrected chi connectivity index (χ2v) is 8.83. The number of hydrogen-bond donors (Lipinski definition) is 0. The molecule has 0 unspecified atom stereocenters. The van der Waals surface area contributed by atoms with Crippen molar-refractivity contribution in [3.05, 3.63) is 23.8 Å². The quantitative estimate of drug-likeness (QED) is 0.603. The highest BCUT2D eigenvalue weighted by Crippen LogP contribution is 2.28. The van der Waals surface area contributed by atoms with Crippen LogP contribution in [-0.2, 0) is 25.5 Å². The lowest BCUT2D eigenvalue weighted by Gasteiger charge is -2.36. The lowest BCUT2D eigenvalue weighted by molar-refractivity contribution is -0.147. The van der Waals surface area contributed by atoms with Gasteiger partial charge < -0.3 is 28.9 Å². The van der Waals surface area contributed by atoms with Gasteiger partial charge in [-0.1, -0.05) is 6.07 Å². The summed E-state index contributed by atoms with van der Waals surface area (Å²) in [6, 6.07) is 5.73. The largest absolute Gasteiger partial charge is 0.493 e. The summed E-state index contributed by atoms with van der Waals surface area (Å²) in [4.78, 5) is 43.5. The van der Waals surface area contributed by atoms with Crippen molar-refractivity contribution in [3.63, 3.8) is 0 Å². The Hall–Kier alpha value is -2.81. The first-order valence-corrected chi connectivity index (χ1v) is 11.7. The standard InChI is InChI=1S/C24H33N3O6/c1-31-19-6-5-17(14-21(19)32-2)7-8-27-16-18(15-22(27)28)23(29)25-9-11-26(12-10-25)24(30)20-4-3-13-33-20/h5-6,14,18,20H,3-4,7-13,15-16H2,1-2H3/t18-,20-/m1/s1. The lowest BCUT2D eigenvalue weighted by atomic mass is 10.1. The number of piperazine rings is 1. The van der Waals surface area contributed by atoms with E-state index in [0.717, 1.165) is 18.4 Å². The van der Waals surface area contributed by atoms with Gasteiger partial charge >= 0.3 is 0 Å². The molecule has 9 heteroatoms. The zero-order valence-electron chi connectivity index (χ0n) is 19.5. The number of rotatable bonds is 7. The summed E-state index contributed by atoms with van der Waals surface area (Å²) >= 11 is 0. The molecule has 0 radical (unpaired) electrons. The van der Waals surface area contributed by atoms with Crippen LogP contribution < -0.4 is 9.47 Å². The lowest BCUT2D eigenvalue weighted by Crippen LogP contribution is -2.54. The van der Waals surface area contributed by atoms with Gasteiger partial charge in [0.15, 0.2) is 11.5 Å². The van der Waals surface area contributed by atoms with E-state index in [0.29, 0.717) is 63.8 Å². The fourth-order valence-corrected chi connectivity index (χ4v) is 4.84. The van der Waals surface area contributed by atoms with Gasteiger partial charge in [0.2, 0.25) is 11.8 Å². The van der Waals surface area contributed by atoms with E-state index in [1.165, 1.54) is 0 Å². The van der Waals surface area contributed by atoms with Crippen LogP contribution in [0, 0.1) is 5.92 Å². The van der Waals surface area contributed by atoms with Gasteiger partial charge in [-0.3, -0.25) is 14.4 Å². The molecule has 3 aliphatic heterocycles. The molecule has 33 heavy (non-hydrogen) atoms. The van der Waals surface area contributed by atoms with Crippen LogP contribution in [0.1, 0.15) is 24.8 Å². The molecule has 2 atom stereocenters. The maximum absolute atomic E-state index is 13.0. The van der Waals surface area contributed by atoms with E-state index < -0.39 is 0 Å². The average Bonchev–Trinajstić information content (AvgIpc) is 3.52. The molecule has 0 spiro atoms. The molecular weight excluding hydrogens is 426 g/mol. The predicted octanol–water partition coefficient (Wildman–Crippen LogP) is 0.945. The molecule has 3 saturated heterocycles. The van der Waals surface area contributed by atoms with Crippen molar-refractivity contribution < 1.29 is 28.6 Å². The van der Waals surface area contributed by atoms with Crippen molar-refractivity contribution in [2.24, 2.45) is 5.92 Å². The van der Waals surface area contributed by atoms with Crippen molar-refractivity contribution in [2.45, 2.75) is 31.8 Å². The summed E-state index contributed by atoms with van der Waals surface area (Å²) < 4.78 is 16.1. The smallest absolute Gasteiger partial charge is 0.251 e. The summed E-state index contributed by atoms with van der Waals surface area (Å²) in [5.41, 5.74) is 1.04. The molecule has 0 bridgehead atoms. The molecule has 9 nitrogen and oxygen atoms in total. The van der Waals surface area contributed by atoms with E-state index in [2.05, 4.69) is 0 Å². The van der Waals surface area contributed by atoms with E-state index >= 15 is 0 Å². The number of ether oxygens (including phenoxy) is 3. The van der Waals surface area contributed by atoms with Crippen LogP contribution >= 0.6 is 0 Å². The van der Waals surface area contributed by atoms with Gasteiger partial charge in [-0.05, 0) is 37.0 Å². The molecule has 3 aliphatic rings. The van der Waals surface area contributed by atoms with Crippen LogP contribution in [0.25, 0.3) is 0 Å². The van der Waals surface area contributed by atoms with E-state index in [1.807, 2.05) is 18.2 Å². The molecule has 1 aromatic rings. The van der Waals surface area contributed by atoms with Crippen molar-refractivity contribution in [1.82, 2.24) is 14.7 Å². The zero-order valence-corrected chi connectivity index (χ0v) is 19.5. The first-order chi connectivity index (χ1) is 16.0. The van der Waals surface area contributed by atoms with Gasteiger partial charge in [-0.15, -0.1) is 0 Å². The number of nitrogens with zero attached hydrogens (tertiary/aromatic N) is 3. The number of carbonyl (C=O) groups excluding carboxylic acids is 3. The Morgan fingerprint density at radius 2 is 1.73 bits per heavy atom. The van der Waals surface area contributed by atoms with E-state index in [1.54, 1.807) is 28.9 Å². The van der Waals surface area contributed by atoms with Crippen molar-refractivity contribution in [3.8, 4) is 11.5 Å². The molecule has 0 aliphatic carbocycles. The van der Waals surface area contributed by atoms with Crippen LogP contribution in [-0.4, -0.2) is 98.6 Å². The number of hydrogen-bond acceptors (Lipinski definition) is 6. The molecule has 180 valence electrons. The van der Waals surface area contributed by atoms with Crippen LogP contribution in [0.2, 0.25) is 0 Å². The molecule has 3 heterocycles. The van der Waals surface area contributed by atoms with Crippen molar-refractivity contribution in [1.29, 1.82) is 0 Å². The molecule has 1 aromatic carbocycles. The summed E-state index contributed by atoms with van der Waals surface area (Å²) in [6.07, 6.45) is 2.31. The molecule has 0 N–H and O–H groups in total. The monoisotopic (exact) mass is 459 g/mol. The minimum Gasteiger partial charge on any atom is -0.493 e. The van der Waals surface area contributed by atoms with Gasteiger partial charge in [0.25, 0.3) is 5.91 Å². The molecule has 3 amide bonds. The van der Waals surface area contributed by atoms with Gasteiger partial charge in [-0.25, -0.2) is 0 Å². The Kier molecular flexibility index (Phi) is 7.37. The molecule has 0 aromatic heterocycles. The Labute approximate surface area is 194 Å². The molecule has 3 fully saturated rings. The van der Waals surface area contributed by atoms with Crippen LogP contribution in [0.15, 0.2) is 18.2 Å². The van der Waals surface area contributed by atoms with Crippen molar-refractivity contribution >= 4 is 17.7 Å². The fourth-order valence-electron chi connectivity index (χ4n) is 4.84. The summed E-state index contributed by atoms with van der Waals surface area (Å²) in [5.74, 6) is 1.08. The third kappa shape index (κ3) is 5.24. The zero-order chi connectivity index (χ0) is 23.4. The van der Waals surface area contributed by atoms with Gasteiger partial charge in [-0.2, -0.15) is 0 Å². The fraction of sp³-hybridized carbons (Fsp3) is 0.625. The summed E-state index contributed by atoms with van der Waals surface area (Å²) in [6.45, 7) is 3.71. The van der Waals surface area contributed by atoms with Crippen LogP contribution in [0.3, 0.4) is 0 Å². The third-order valence-corrected chi connectivity index (χ3v) is 6.79. The van der Waals surface area contributed by atoms with Crippen LogP contribution in [0.4, 0.5) is 0 Å². The molecule has 4 rings (SSSR count). The number of likely N-dealkylation sites (tertiary alicyclic amines) is 1. The van der Waals surface area contributed by atoms with Crippen LogP contribution in [0.5, 0.6) is 11.5 Å². The third-order valence-electron chi connectivity index (χ3n) is 6.79. The second kappa shape index (κ2) is 10.4. The van der Waals surface area contributed by atoms with Gasteiger partial charge in [0, 0.05) is 52.3 Å². The van der Waals surface area contributed by atoms with Crippen molar-refractivity contribution in [2.75, 3.05) is 60.1 Å². The highest BCUT2D eigenvalue weighted by molar-refractivity contribution is 5.89. The highest BCUT2D eigenvalue weighted by atomic mass is 16.5. The molecule has 0 saturated carbocycles. The SMILES string of the molecule is COc1ccc(CCN2C[C@H](C(=O)N3CCN(C(=O)[C@H]4CCCO4)CC3)CC2=O)cc1OC. The maximum Gasteiger partial charge on any atom is 0.251 e. The Morgan fingerprint density at radius 3 is 2.36 bits per heavy atom. The summed E-state index contributed by atoms with van der Waals surface area (Å²) in [7, 11) is 3.19. The summed E-state index contributed by atoms with van der Waals surface area (Å²) in [5, 5.41) is 0. The maximum atomic E-state index is 13.0. The number of carbonyl (C=O) groups is 3. The van der Waals surface area contributed by atoms with Gasteiger partial charge in [0.1, 0.15) is 6.10 Å². The number of methoxy groups -OCH3 is 2. The topological polar surface area (TPSA) is 88.6 Å². The minimum atomic E-state index is -0.320. The highest BCUT2D eigenvalue weighted by Gasteiger charge is 2.38. The first-order valence-electron chi connectivity index (χ1n) is 11.7. The minimum absolute atomic E-state index is 0.0148. The average molecular weight is 460 g/mol. The number of benzene rings is 1. The Bertz CT molecular complexity index is 877. The normalized spacial score (nSPS) is 23.2. The van der Waals surface area contributed by atoms with E-state index in [4.69, 9.17) is 14.2 Å². The van der Waals surface area contributed by atoms with E-state index in [-0.39, 0.29) is 36.2 Å². The Morgan fingerprint density at radius 1 is 1.03 bits per heavy atom. The number of amides is 3. The first kappa shape index (κ1) is 23.4. The van der Waals surface area contributed by atoms with Gasteiger partial charge in [0.05, 0.1) is 20.1 Å². The Balaban J connectivity index is 1.26. The van der Waals surface area contributed by atoms with E-state index in [9.17, 15) is 14.4 Å². The molecular formula is C24H33N3O6. The predicted molar refractivity (Wildman–Crippen MR) is 120 cm³/mol.